The lowest BCUT2D eigenvalue weighted by Crippen LogP contribution is -1.92. The molecular formula is C12H11Br2N5. The molecule has 0 unspecified atom stereocenters. The quantitative estimate of drug-likeness (QED) is 0.518. The van der Waals surface area contributed by atoms with E-state index < -0.39 is 0 Å². The zero-order valence-electron chi connectivity index (χ0n) is 9.77. The largest absolute Gasteiger partial charge is 0.399 e. The van der Waals surface area contributed by atoms with Crippen molar-refractivity contribution in [3.63, 3.8) is 0 Å². The molecule has 3 aromatic rings. The van der Waals surface area contributed by atoms with E-state index in [0.29, 0.717) is 15.0 Å². The van der Waals surface area contributed by atoms with Gasteiger partial charge in [0, 0.05) is 22.8 Å². The van der Waals surface area contributed by atoms with E-state index in [1.165, 1.54) is 5.39 Å². The normalized spacial score (nSPS) is 10.0. The minimum atomic E-state index is 0.401. The fourth-order valence-electron chi connectivity index (χ4n) is 1.43. The van der Waals surface area contributed by atoms with Crippen LogP contribution in [-0.4, -0.2) is 15.0 Å². The number of hydrogen-bond donors (Lipinski definition) is 3. The number of hydrogen-bond acceptors (Lipinski definition) is 4. The number of anilines is 2. The van der Waals surface area contributed by atoms with E-state index in [9.17, 15) is 0 Å². The van der Waals surface area contributed by atoms with Gasteiger partial charge in [0.15, 0.2) is 5.82 Å². The van der Waals surface area contributed by atoms with Crippen molar-refractivity contribution in [1.82, 2.24) is 15.0 Å². The van der Waals surface area contributed by atoms with Crippen molar-refractivity contribution in [2.45, 2.75) is 0 Å². The summed E-state index contributed by atoms with van der Waals surface area (Å²) in [6.45, 7) is 0. The minimum Gasteiger partial charge on any atom is -0.399 e. The maximum Gasteiger partial charge on any atom is 0.156 e. The molecular weight excluding hydrogens is 374 g/mol. The van der Waals surface area contributed by atoms with Crippen LogP contribution in [0.2, 0.25) is 0 Å². The zero-order valence-corrected chi connectivity index (χ0v) is 12.9. The third kappa shape index (κ3) is 3.68. The number of nitrogens with zero attached hydrogens (tertiary/aromatic N) is 2. The summed E-state index contributed by atoms with van der Waals surface area (Å²) >= 11 is 6.25. The van der Waals surface area contributed by atoms with Gasteiger partial charge in [-0.05, 0) is 56.1 Å². The van der Waals surface area contributed by atoms with Crippen molar-refractivity contribution in [1.29, 1.82) is 0 Å². The van der Waals surface area contributed by atoms with Crippen LogP contribution in [0.15, 0.2) is 45.9 Å². The fourth-order valence-corrected chi connectivity index (χ4v) is 2.24. The Morgan fingerprint density at radius 1 is 1.11 bits per heavy atom. The second-order valence-electron chi connectivity index (χ2n) is 3.69. The van der Waals surface area contributed by atoms with E-state index in [-0.39, 0.29) is 0 Å². The summed E-state index contributed by atoms with van der Waals surface area (Å²) in [4.78, 5) is 10.8. The Balaban J connectivity index is 0.000000141. The molecule has 0 atom stereocenters. The molecule has 5 N–H and O–H groups in total. The van der Waals surface area contributed by atoms with E-state index in [2.05, 4.69) is 46.8 Å². The first-order valence-corrected chi connectivity index (χ1v) is 6.91. The standard InChI is InChI=1S/C8H8N2.C4H3Br2N3/c9-7-1-2-8-6(5-7)3-4-10-8;5-2-1-8-4(7)3(6)9-2/h1-5,10H,9H2;1H,(H2,7,8). The lowest BCUT2D eigenvalue weighted by molar-refractivity contribution is 1.14. The monoisotopic (exact) mass is 383 g/mol. The Labute approximate surface area is 126 Å². The minimum absolute atomic E-state index is 0.401. The summed E-state index contributed by atoms with van der Waals surface area (Å²) in [6.07, 6.45) is 3.45. The second kappa shape index (κ2) is 6.03. The fraction of sp³-hybridized carbons (Fsp3) is 0. The van der Waals surface area contributed by atoms with Crippen molar-refractivity contribution in [3.05, 3.63) is 45.9 Å². The number of fused-ring (bicyclic) bond motifs is 1. The topological polar surface area (TPSA) is 93.6 Å². The third-order valence-electron chi connectivity index (χ3n) is 2.30. The third-order valence-corrected chi connectivity index (χ3v) is 3.27. The highest BCUT2D eigenvalue weighted by Gasteiger charge is 1.96. The molecule has 7 heteroatoms. The van der Waals surface area contributed by atoms with Crippen molar-refractivity contribution in [3.8, 4) is 0 Å². The average molecular weight is 385 g/mol. The number of nitrogen functional groups attached to an aromatic ring is 2. The molecule has 2 heterocycles. The number of nitrogens with one attached hydrogen (secondary N) is 1. The molecule has 0 aliphatic carbocycles. The van der Waals surface area contributed by atoms with Crippen molar-refractivity contribution in [2.24, 2.45) is 0 Å². The summed E-state index contributed by atoms with van der Waals surface area (Å²) < 4.78 is 1.24. The smallest absolute Gasteiger partial charge is 0.156 e. The Bertz CT molecular complexity index is 695. The summed E-state index contributed by atoms with van der Waals surface area (Å²) in [7, 11) is 0. The number of halogens is 2. The molecule has 0 aliphatic rings. The van der Waals surface area contributed by atoms with Crippen molar-refractivity contribution < 1.29 is 0 Å². The maximum atomic E-state index is 5.57. The van der Waals surface area contributed by atoms with Crippen LogP contribution in [0.4, 0.5) is 11.5 Å². The summed E-state index contributed by atoms with van der Waals surface area (Å²) in [5.41, 5.74) is 12.9. The number of rotatable bonds is 0. The molecule has 0 spiro atoms. The number of aromatic nitrogens is 3. The van der Waals surface area contributed by atoms with Gasteiger partial charge >= 0.3 is 0 Å². The van der Waals surface area contributed by atoms with Gasteiger partial charge in [-0.15, -0.1) is 0 Å². The molecule has 98 valence electrons. The van der Waals surface area contributed by atoms with Gasteiger partial charge in [-0.3, -0.25) is 0 Å². The predicted molar refractivity (Wildman–Crippen MR) is 84.6 cm³/mol. The summed E-state index contributed by atoms with van der Waals surface area (Å²) in [5.74, 6) is 0.401. The van der Waals surface area contributed by atoms with Gasteiger partial charge in [0.2, 0.25) is 0 Å². The summed E-state index contributed by atoms with van der Waals surface area (Å²) in [6, 6.07) is 7.82. The predicted octanol–water partition coefficient (Wildman–Crippen LogP) is 3.33. The van der Waals surface area contributed by atoms with Gasteiger partial charge in [0.1, 0.15) is 9.21 Å². The van der Waals surface area contributed by atoms with E-state index in [0.717, 1.165) is 11.2 Å². The number of benzene rings is 1. The van der Waals surface area contributed by atoms with Gasteiger partial charge in [-0.25, -0.2) is 9.97 Å². The van der Waals surface area contributed by atoms with Crippen LogP contribution < -0.4 is 11.5 Å². The Hall–Kier alpha value is -1.60. The van der Waals surface area contributed by atoms with Crippen LogP contribution in [0.5, 0.6) is 0 Å². The highest BCUT2D eigenvalue weighted by molar-refractivity contribution is 9.11. The highest BCUT2D eigenvalue weighted by atomic mass is 79.9. The number of aromatic amines is 1. The Morgan fingerprint density at radius 2 is 1.89 bits per heavy atom. The van der Waals surface area contributed by atoms with Gasteiger partial charge < -0.3 is 16.5 Å². The van der Waals surface area contributed by atoms with Gasteiger partial charge in [0.25, 0.3) is 0 Å². The zero-order chi connectivity index (χ0) is 13.8. The molecule has 1 aromatic carbocycles. The van der Waals surface area contributed by atoms with E-state index in [1.807, 2.05) is 30.5 Å². The maximum absolute atomic E-state index is 5.57. The molecule has 0 amide bonds. The lowest BCUT2D eigenvalue weighted by atomic mass is 10.2. The van der Waals surface area contributed by atoms with Crippen LogP contribution in [0, 0.1) is 0 Å². The number of nitrogens with two attached hydrogens (primary N) is 2. The lowest BCUT2D eigenvalue weighted by Gasteiger charge is -1.93. The molecule has 0 saturated heterocycles. The van der Waals surface area contributed by atoms with Crippen molar-refractivity contribution >= 4 is 54.3 Å². The van der Waals surface area contributed by atoms with E-state index in [1.54, 1.807) is 6.20 Å². The molecule has 19 heavy (non-hydrogen) atoms. The SMILES string of the molecule is Nc1ccc2[nH]ccc2c1.Nc1ncc(Br)nc1Br. The van der Waals surface area contributed by atoms with E-state index in [4.69, 9.17) is 11.5 Å². The van der Waals surface area contributed by atoms with Crippen molar-refractivity contribution in [2.75, 3.05) is 11.5 Å². The molecule has 0 radical (unpaired) electrons. The van der Waals surface area contributed by atoms with Gasteiger partial charge in [0.05, 0.1) is 6.20 Å². The van der Waals surface area contributed by atoms with Crippen LogP contribution in [0.1, 0.15) is 0 Å². The van der Waals surface area contributed by atoms with Gasteiger partial charge in [-0.2, -0.15) is 0 Å². The van der Waals surface area contributed by atoms with E-state index >= 15 is 0 Å². The number of H-pyrrole nitrogens is 1. The molecule has 3 rings (SSSR count). The molecule has 2 aromatic heterocycles. The molecule has 0 saturated carbocycles. The molecule has 0 aliphatic heterocycles. The molecule has 5 nitrogen and oxygen atoms in total. The molecule has 0 fully saturated rings. The molecule has 0 bridgehead atoms. The average Bonchev–Trinajstić information content (AvgIpc) is 2.82. The van der Waals surface area contributed by atoms with Crippen LogP contribution in [0.25, 0.3) is 10.9 Å². The van der Waals surface area contributed by atoms with Crippen LogP contribution in [0.3, 0.4) is 0 Å². The first-order valence-electron chi connectivity index (χ1n) is 5.32. The Morgan fingerprint density at radius 3 is 2.58 bits per heavy atom. The van der Waals surface area contributed by atoms with Crippen LogP contribution in [-0.2, 0) is 0 Å². The van der Waals surface area contributed by atoms with Gasteiger partial charge in [-0.1, -0.05) is 0 Å². The first-order chi connectivity index (χ1) is 9.06. The highest BCUT2D eigenvalue weighted by Crippen LogP contribution is 2.15. The first kappa shape index (κ1) is 13.8. The Kier molecular flexibility index (Phi) is 4.39. The second-order valence-corrected chi connectivity index (χ2v) is 5.26. The summed E-state index contributed by atoms with van der Waals surface area (Å²) in [5, 5.41) is 1.17. The van der Waals surface area contributed by atoms with Crippen LogP contribution >= 0.6 is 31.9 Å².